The van der Waals surface area contributed by atoms with E-state index in [4.69, 9.17) is 28.9 Å². The van der Waals surface area contributed by atoms with Crippen LogP contribution in [0, 0.1) is 22.7 Å². The molecule has 0 bridgehead atoms. The van der Waals surface area contributed by atoms with Gasteiger partial charge in [0.05, 0.1) is 15.6 Å². The Morgan fingerprint density at radius 1 is 0.963 bits per heavy atom. The van der Waals surface area contributed by atoms with Gasteiger partial charge in [-0.15, -0.1) is 11.8 Å². The Labute approximate surface area is 171 Å². The van der Waals surface area contributed by atoms with Crippen molar-refractivity contribution < 1.29 is 0 Å². The van der Waals surface area contributed by atoms with Gasteiger partial charge in [0.2, 0.25) is 0 Å². The first kappa shape index (κ1) is 19.1. The van der Waals surface area contributed by atoms with Crippen molar-refractivity contribution in [3.8, 4) is 23.3 Å². The van der Waals surface area contributed by atoms with Gasteiger partial charge in [0, 0.05) is 11.3 Å². The van der Waals surface area contributed by atoms with Crippen LogP contribution in [0.2, 0.25) is 10.0 Å². The molecule has 0 atom stereocenters. The smallest absolute Gasteiger partial charge is 0.143 e. The van der Waals surface area contributed by atoms with E-state index in [-0.39, 0.29) is 11.4 Å². The van der Waals surface area contributed by atoms with Crippen molar-refractivity contribution in [1.82, 2.24) is 4.98 Å². The number of halogens is 2. The van der Waals surface area contributed by atoms with E-state index in [1.165, 1.54) is 11.8 Å². The monoisotopic (exact) mass is 410 g/mol. The molecule has 4 nitrogen and oxygen atoms in total. The standard InChI is InChI=1S/C20H12Cl2N4S/c21-16-7-6-12(8-17(16)22)11-27-20-15(10-24)18(13-4-2-1-3-5-13)14(9-23)19(25)26-20/h1-8H,11H2,(H2,25,26). The minimum absolute atomic E-state index is 0.104. The lowest BCUT2D eigenvalue weighted by Gasteiger charge is -2.13. The molecule has 1 heterocycles. The summed E-state index contributed by atoms with van der Waals surface area (Å²) in [7, 11) is 0. The molecule has 2 N–H and O–H groups in total. The fourth-order valence-corrected chi connectivity index (χ4v) is 3.84. The molecule has 0 spiro atoms. The van der Waals surface area contributed by atoms with Crippen LogP contribution in [0.15, 0.2) is 53.6 Å². The van der Waals surface area contributed by atoms with Gasteiger partial charge in [-0.3, -0.25) is 0 Å². The fraction of sp³-hybridized carbons (Fsp3) is 0.0500. The third kappa shape index (κ3) is 4.02. The third-order valence-electron chi connectivity index (χ3n) is 3.84. The van der Waals surface area contributed by atoms with E-state index in [2.05, 4.69) is 17.1 Å². The number of hydrogen-bond donors (Lipinski definition) is 1. The maximum absolute atomic E-state index is 9.76. The lowest BCUT2D eigenvalue weighted by molar-refractivity contribution is 1.11. The summed E-state index contributed by atoms with van der Waals surface area (Å²) in [5.74, 6) is 0.630. The first-order valence-corrected chi connectivity index (χ1v) is 9.55. The summed E-state index contributed by atoms with van der Waals surface area (Å²) in [4.78, 5) is 4.29. The van der Waals surface area contributed by atoms with Gasteiger partial charge in [-0.2, -0.15) is 10.5 Å². The fourth-order valence-electron chi connectivity index (χ4n) is 2.58. The number of nitrogen functional groups attached to an aromatic ring is 1. The van der Waals surface area contributed by atoms with Crippen LogP contribution in [-0.4, -0.2) is 4.98 Å². The molecule has 0 fully saturated rings. The number of aromatic nitrogens is 1. The Kier molecular flexibility index (Phi) is 5.88. The molecular formula is C20H12Cl2N4S. The Morgan fingerprint density at radius 2 is 1.67 bits per heavy atom. The van der Waals surface area contributed by atoms with Gasteiger partial charge in [-0.05, 0) is 23.3 Å². The molecule has 3 aromatic rings. The first-order chi connectivity index (χ1) is 13.0. The number of nitriles is 2. The van der Waals surface area contributed by atoms with Crippen LogP contribution in [0.25, 0.3) is 11.1 Å². The van der Waals surface area contributed by atoms with Crippen LogP contribution in [0.5, 0.6) is 0 Å². The van der Waals surface area contributed by atoms with Crippen LogP contribution in [0.4, 0.5) is 5.82 Å². The van der Waals surface area contributed by atoms with Crippen LogP contribution in [0.1, 0.15) is 16.7 Å². The predicted octanol–water partition coefficient (Wildman–Crippen LogP) is 5.67. The van der Waals surface area contributed by atoms with Crippen molar-refractivity contribution in [2.45, 2.75) is 10.8 Å². The lowest BCUT2D eigenvalue weighted by Crippen LogP contribution is -2.03. The number of nitrogens with zero attached hydrogens (tertiary/aromatic N) is 3. The molecule has 0 unspecified atom stereocenters. The number of thioether (sulfide) groups is 1. The molecule has 1 aromatic heterocycles. The molecule has 0 aliphatic rings. The highest BCUT2D eigenvalue weighted by molar-refractivity contribution is 7.98. The predicted molar refractivity (Wildman–Crippen MR) is 110 cm³/mol. The van der Waals surface area contributed by atoms with E-state index >= 15 is 0 Å². The van der Waals surface area contributed by atoms with Crippen LogP contribution in [0.3, 0.4) is 0 Å². The van der Waals surface area contributed by atoms with Crippen molar-refractivity contribution in [1.29, 1.82) is 10.5 Å². The summed E-state index contributed by atoms with van der Waals surface area (Å²) in [6.07, 6.45) is 0. The van der Waals surface area contributed by atoms with Crippen LogP contribution < -0.4 is 5.73 Å². The van der Waals surface area contributed by atoms with Crippen molar-refractivity contribution >= 4 is 40.8 Å². The Bertz CT molecular complexity index is 1090. The number of anilines is 1. The van der Waals surface area contributed by atoms with Crippen LogP contribution >= 0.6 is 35.0 Å². The van der Waals surface area contributed by atoms with Crippen LogP contribution in [-0.2, 0) is 5.75 Å². The molecule has 132 valence electrons. The van der Waals surface area contributed by atoms with Crippen molar-refractivity contribution in [3.63, 3.8) is 0 Å². The number of hydrogen-bond acceptors (Lipinski definition) is 5. The third-order valence-corrected chi connectivity index (χ3v) is 5.62. The Morgan fingerprint density at radius 3 is 2.30 bits per heavy atom. The average Bonchev–Trinajstić information content (AvgIpc) is 2.69. The topological polar surface area (TPSA) is 86.5 Å². The van der Waals surface area contributed by atoms with Gasteiger partial charge in [-0.1, -0.05) is 59.6 Å². The summed E-state index contributed by atoms with van der Waals surface area (Å²) in [6, 6.07) is 18.8. The van der Waals surface area contributed by atoms with E-state index in [0.29, 0.717) is 32.0 Å². The Hall–Kier alpha value is -2.70. The summed E-state index contributed by atoms with van der Waals surface area (Å²) in [5.41, 5.74) is 8.73. The highest BCUT2D eigenvalue weighted by Gasteiger charge is 2.20. The van der Waals surface area contributed by atoms with E-state index < -0.39 is 0 Å². The summed E-state index contributed by atoms with van der Waals surface area (Å²) in [6.45, 7) is 0. The maximum atomic E-state index is 9.76. The molecule has 0 saturated carbocycles. The zero-order chi connectivity index (χ0) is 19.4. The highest BCUT2D eigenvalue weighted by Crippen LogP contribution is 2.36. The second kappa shape index (κ2) is 8.33. The molecule has 0 radical (unpaired) electrons. The molecule has 3 rings (SSSR count). The number of benzene rings is 2. The molecule has 0 amide bonds. The summed E-state index contributed by atoms with van der Waals surface area (Å²) >= 11 is 13.4. The van der Waals surface area contributed by atoms with E-state index in [1.807, 2.05) is 36.4 Å². The van der Waals surface area contributed by atoms with E-state index in [0.717, 1.165) is 11.1 Å². The molecule has 0 saturated heterocycles. The zero-order valence-corrected chi connectivity index (χ0v) is 16.2. The SMILES string of the molecule is N#Cc1c(N)nc(SCc2ccc(Cl)c(Cl)c2)c(C#N)c1-c1ccccc1. The lowest BCUT2D eigenvalue weighted by atomic mass is 9.97. The van der Waals surface area contributed by atoms with Gasteiger partial charge in [0.15, 0.2) is 0 Å². The van der Waals surface area contributed by atoms with Gasteiger partial charge in [0.1, 0.15) is 28.5 Å². The summed E-state index contributed by atoms with van der Waals surface area (Å²) in [5, 5.41) is 20.7. The molecule has 7 heteroatoms. The Balaban J connectivity index is 2.06. The normalized spacial score (nSPS) is 10.2. The highest BCUT2D eigenvalue weighted by atomic mass is 35.5. The van der Waals surface area contributed by atoms with Gasteiger partial charge in [0.25, 0.3) is 0 Å². The van der Waals surface area contributed by atoms with E-state index in [1.54, 1.807) is 12.1 Å². The molecular weight excluding hydrogens is 399 g/mol. The molecule has 27 heavy (non-hydrogen) atoms. The quantitative estimate of drug-likeness (QED) is 0.559. The van der Waals surface area contributed by atoms with Crippen molar-refractivity contribution in [3.05, 3.63) is 75.3 Å². The number of rotatable bonds is 4. The minimum atomic E-state index is 0.104. The molecule has 0 aliphatic heterocycles. The van der Waals surface area contributed by atoms with Gasteiger partial charge < -0.3 is 5.73 Å². The second-order valence-electron chi connectivity index (χ2n) is 5.55. The second-order valence-corrected chi connectivity index (χ2v) is 7.33. The van der Waals surface area contributed by atoms with Crippen molar-refractivity contribution in [2.75, 3.05) is 5.73 Å². The number of pyridine rings is 1. The van der Waals surface area contributed by atoms with Gasteiger partial charge >= 0.3 is 0 Å². The minimum Gasteiger partial charge on any atom is -0.383 e. The first-order valence-electron chi connectivity index (χ1n) is 7.81. The maximum Gasteiger partial charge on any atom is 0.143 e. The summed E-state index contributed by atoms with van der Waals surface area (Å²) < 4.78 is 0. The van der Waals surface area contributed by atoms with Gasteiger partial charge in [-0.25, -0.2) is 4.98 Å². The number of nitrogens with two attached hydrogens (primary N) is 1. The largest absolute Gasteiger partial charge is 0.383 e. The zero-order valence-electron chi connectivity index (χ0n) is 13.9. The van der Waals surface area contributed by atoms with E-state index in [9.17, 15) is 10.5 Å². The average molecular weight is 411 g/mol. The van der Waals surface area contributed by atoms with Crippen molar-refractivity contribution in [2.24, 2.45) is 0 Å². The molecule has 0 aliphatic carbocycles. The molecule has 2 aromatic carbocycles.